The van der Waals surface area contributed by atoms with E-state index >= 15 is 0 Å². The lowest BCUT2D eigenvalue weighted by molar-refractivity contribution is 0.816. The summed E-state index contributed by atoms with van der Waals surface area (Å²) in [5, 5.41) is 0.507. The Labute approximate surface area is 119 Å². The zero-order valence-electron chi connectivity index (χ0n) is 12.1. The number of halogens is 1. The molecule has 0 unspecified atom stereocenters. The van der Waals surface area contributed by atoms with Crippen molar-refractivity contribution >= 4 is 11.6 Å². The van der Waals surface area contributed by atoms with Gasteiger partial charge in [-0.15, -0.1) is 0 Å². The molecular weight excluding hydrogens is 256 g/mol. The normalized spacial score (nSPS) is 11.1. The Morgan fingerprint density at radius 2 is 1.53 bits per heavy atom. The van der Waals surface area contributed by atoms with Crippen LogP contribution in [0.2, 0.25) is 5.15 Å². The van der Waals surface area contributed by atoms with Crippen molar-refractivity contribution in [1.29, 1.82) is 0 Å². The summed E-state index contributed by atoms with van der Waals surface area (Å²) in [5.41, 5.74) is 5.71. The van der Waals surface area contributed by atoms with Gasteiger partial charge in [-0.25, -0.2) is 9.97 Å². The number of aromatic nitrogens is 2. The van der Waals surface area contributed by atoms with Crippen molar-refractivity contribution in [2.45, 2.75) is 40.5 Å². The first-order valence-electron chi connectivity index (χ1n) is 6.51. The predicted octanol–water partition coefficient (Wildman–Crippen LogP) is 4.85. The smallest absolute Gasteiger partial charge is 0.161 e. The predicted molar refractivity (Wildman–Crippen MR) is 80.8 cm³/mol. The summed E-state index contributed by atoms with van der Waals surface area (Å²) in [4.78, 5) is 9.05. The molecule has 1 heterocycles. The largest absolute Gasteiger partial charge is 0.233 e. The average molecular weight is 275 g/mol. The molecule has 0 aliphatic heterocycles. The van der Waals surface area contributed by atoms with Gasteiger partial charge >= 0.3 is 0 Å². The maximum Gasteiger partial charge on any atom is 0.161 e. The molecular formula is C16H19ClN2. The molecule has 19 heavy (non-hydrogen) atoms. The Morgan fingerprint density at radius 1 is 0.947 bits per heavy atom. The highest BCUT2D eigenvalue weighted by molar-refractivity contribution is 6.29. The molecule has 0 amide bonds. The number of nitrogens with zero attached hydrogens (tertiary/aromatic N) is 2. The summed E-state index contributed by atoms with van der Waals surface area (Å²) >= 11 is 6.13. The number of hydrogen-bond donors (Lipinski definition) is 0. The van der Waals surface area contributed by atoms with Crippen molar-refractivity contribution in [2.24, 2.45) is 0 Å². The Balaban J connectivity index is 2.65. The van der Waals surface area contributed by atoms with Gasteiger partial charge in [0, 0.05) is 11.3 Å². The number of aryl methyl sites for hydroxylation is 3. The lowest BCUT2D eigenvalue weighted by atomic mass is 9.99. The zero-order chi connectivity index (χ0) is 14.2. The Hall–Kier alpha value is -1.41. The van der Waals surface area contributed by atoms with E-state index < -0.39 is 0 Å². The molecule has 1 aromatic heterocycles. The van der Waals surface area contributed by atoms with E-state index in [9.17, 15) is 0 Å². The van der Waals surface area contributed by atoms with E-state index in [0.717, 1.165) is 17.1 Å². The Kier molecular flexibility index (Phi) is 3.91. The minimum atomic E-state index is 0.338. The molecule has 0 fully saturated rings. The van der Waals surface area contributed by atoms with Crippen LogP contribution in [0.25, 0.3) is 11.4 Å². The quantitative estimate of drug-likeness (QED) is 0.732. The number of benzene rings is 1. The van der Waals surface area contributed by atoms with Crippen molar-refractivity contribution in [1.82, 2.24) is 9.97 Å². The standard InChI is InChI=1S/C16H19ClN2/c1-9(2)13-8-14(17)19-16(18-13)15-11(4)6-10(3)7-12(15)5/h6-9H,1-5H3. The van der Waals surface area contributed by atoms with Gasteiger partial charge in [-0.05, 0) is 43.9 Å². The van der Waals surface area contributed by atoms with Crippen LogP contribution in [-0.4, -0.2) is 9.97 Å². The topological polar surface area (TPSA) is 25.8 Å². The third-order valence-corrected chi connectivity index (χ3v) is 3.40. The monoisotopic (exact) mass is 274 g/mol. The second kappa shape index (κ2) is 5.30. The van der Waals surface area contributed by atoms with E-state index in [1.54, 1.807) is 0 Å². The summed E-state index contributed by atoms with van der Waals surface area (Å²) in [5.74, 6) is 1.07. The van der Waals surface area contributed by atoms with Gasteiger partial charge in [-0.1, -0.05) is 43.1 Å². The summed E-state index contributed by atoms with van der Waals surface area (Å²) in [6.07, 6.45) is 0. The fourth-order valence-corrected chi connectivity index (χ4v) is 2.57. The van der Waals surface area contributed by atoms with Gasteiger partial charge in [-0.3, -0.25) is 0 Å². The minimum absolute atomic E-state index is 0.338. The first-order valence-corrected chi connectivity index (χ1v) is 6.89. The molecule has 0 aliphatic carbocycles. The van der Waals surface area contributed by atoms with Crippen LogP contribution in [-0.2, 0) is 0 Å². The minimum Gasteiger partial charge on any atom is -0.233 e. The third kappa shape index (κ3) is 2.95. The van der Waals surface area contributed by atoms with Gasteiger partial charge in [0.2, 0.25) is 0 Å². The van der Waals surface area contributed by atoms with Gasteiger partial charge in [0.25, 0.3) is 0 Å². The van der Waals surface area contributed by atoms with Crippen LogP contribution in [0.3, 0.4) is 0 Å². The molecule has 2 nitrogen and oxygen atoms in total. The fourth-order valence-electron chi connectivity index (χ4n) is 2.38. The molecule has 0 radical (unpaired) electrons. The lowest BCUT2D eigenvalue weighted by Crippen LogP contribution is -2.01. The highest BCUT2D eigenvalue weighted by Crippen LogP contribution is 2.28. The highest BCUT2D eigenvalue weighted by atomic mass is 35.5. The van der Waals surface area contributed by atoms with Crippen molar-refractivity contribution in [2.75, 3.05) is 0 Å². The molecule has 0 atom stereocenters. The Morgan fingerprint density at radius 3 is 2.05 bits per heavy atom. The van der Waals surface area contributed by atoms with Crippen molar-refractivity contribution < 1.29 is 0 Å². The molecule has 0 spiro atoms. The molecule has 0 bridgehead atoms. The van der Waals surface area contributed by atoms with E-state index in [4.69, 9.17) is 11.6 Å². The van der Waals surface area contributed by atoms with Gasteiger partial charge in [0.05, 0.1) is 0 Å². The molecule has 0 saturated heterocycles. The molecule has 3 heteroatoms. The molecule has 2 rings (SSSR count). The van der Waals surface area contributed by atoms with Crippen LogP contribution in [0, 0.1) is 20.8 Å². The van der Waals surface area contributed by atoms with Gasteiger partial charge in [0.15, 0.2) is 5.82 Å². The zero-order valence-corrected chi connectivity index (χ0v) is 12.8. The van der Waals surface area contributed by atoms with Crippen LogP contribution >= 0.6 is 11.6 Å². The van der Waals surface area contributed by atoms with Crippen LogP contribution < -0.4 is 0 Å². The molecule has 0 saturated carbocycles. The van der Waals surface area contributed by atoms with E-state index in [2.05, 4.69) is 56.7 Å². The van der Waals surface area contributed by atoms with Gasteiger partial charge in [0.1, 0.15) is 5.15 Å². The summed E-state index contributed by atoms with van der Waals surface area (Å²) in [6.45, 7) is 10.5. The number of hydrogen-bond acceptors (Lipinski definition) is 2. The van der Waals surface area contributed by atoms with E-state index in [1.165, 1.54) is 16.7 Å². The molecule has 1 aromatic carbocycles. The molecule has 0 aliphatic rings. The molecule has 100 valence electrons. The average Bonchev–Trinajstić information content (AvgIpc) is 2.26. The lowest BCUT2D eigenvalue weighted by Gasteiger charge is -2.12. The maximum atomic E-state index is 6.13. The number of rotatable bonds is 2. The van der Waals surface area contributed by atoms with E-state index in [1.807, 2.05) is 6.07 Å². The van der Waals surface area contributed by atoms with E-state index in [-0.39, 0.29) is 0 Å². The molecule has 0 N–H and O–H groups in total. The van der Waals surface area contributed by atoms with Crippen LogP contribution in [0.4, 0.5) is 0 Å². The van der Waals surface area contributed by atoms with Gasteiger partial charge < -0.3 is 0 Å². The highest BCUT2D eigenvalue weighted by Gasteiger charge is 2.13. The van der Waals surface area contributed by atoms with Gasteiger partial charge in [-0.2, -0.15) is 0 Å². The van der Waals surface area contributed by atoms with Crippen LogP contribution in [0.1, 0.15) is 42.1 Å². The van der Waals surface area contributed by atoms with Crippen LogP contribution in [0.5, 0.6) is 0 Å². The van der Waals surface area contributed by atoms with Crippen molar-refractivity contribution in [3.8, 4) is 11.4 Å². The fraction of sp³-hybridized carbons (Fsp3) is 0.375. The summed E-state index contributed by atoms with van der Waals surface area (Å²) in [6, 6.07) is 6.15. The second-order valence-electron chi connectivity index (χ2n) is 5.37. The van der Waals surface area contributed by atoms with Crippen molar-refractivity contribution in [3.63, 3.8) is 0 Å². The third-order valence-electron chi connectivity index (χ3n) is 3.21. The second-order valence-corrected chi connectivity index (χ2v) is 5.75. The summed E-state index contributed by atoms with van der Waals surface area (Å²) < 4.78 is 0. The maximum absolute atomic E-state index is 6.13. The van der Waals surface area contributed by atoms with Crippen LogP contribution in [0.15, 0.2) is 18.2 Å². The molecule has 2 aromatic rings. The Bertz CT molecular complexity index is 595. The van der Waals surface area contributed by atoms with E-state index in [0.29, 0.717) is 11.1 Å². The first-order chi connectivity index (χ1) is 8.88. The summed E-state index contributed by atoms with van der Waals surface area (Å²) in [7, 11) is 0. The first kappa shape index (κ1) is 14.0. The van der Waals surface area contributed by atoms with Crippen molar-refractivity contribution in [3.05, 3.63) is 45.7 Å². The SMILES string of the molecule is Cc1cc(C)c(-c2nc(Cl)cc(C(C)C)n2)c(C)c1.